The standard InChI is InChI=1S/C13H24N2O3/c1-9(2)8-18-7-6-14-13(17)12(10(3)4)15-11(5)16/h10,12H,1,6-8H2,2-5H3,(H,14,17)(H,15,16). The van der Waals surface area contributed by atoms with Crippen molar-refractivity contribution in [3.63, 3.8) is 0 Å². The summed E-state index contributed by atoms with van der Waals surface area (Å²) in [5, 5.41) is 5.37. The Labute approximate surface area is 109 Å². The molecule has 18 heavy (non-hydrogen) atoms. The lowest BCUT2D eigenvalue weighted by molar-refractivity contribution is -0.129. The zero-order valence-electron chi connectivity index (χ0n) is 11.7. The molecule has 2 amide bonds. The van der Waals surface area contributed by atoms with Crippen molar-refractivity contribution in [2.75, 3.05) is 19.8 Å². The first-order valence-electron chi connectivity index (χ1n) is 6.11. The lowest BCUT2D eigenvalue weighted by Gasteiger charge is -2.20. The van der Waals surface area contributed by atoms with Crippen molar-refractivity contribution in [3.8, 4) is 0 Å². The van der Waals surface area contributed by atoms with E-state index in [-0.39, 0.29) is 17.7 Å². The number of nitrogens with one attached hydrogen (secondary N) is 2. The van der Waals surface area contributed by atoms with Gasteiger partial charge < -0.3 is 15.4 Å². The first-order chi connectivity index (χ1) is 8.34. The summed E-state index contributed by atoms with van der Waals surface area (Å²) in [6, 6.07) is -0.497. The molecule has 0 radical (unpaired) electrons. The van der Waals surface area contributed by atoms with Gasteiger partial charge >= 0.3 is 0 Å². The van der Waals surface area contributed by atoms with E-state index in [4.69, 9.17) is 4.74 Å². The van der Waals surface area contributed by atoms with Crippen LogP contribution in [-0.4, -0.2) is 37.6 Å². The van der Waals surface area contributed by atoms with Gasteiger partial charge in [-0.05, 0) is 12.8 Å². The van der Waals surface area contributed by atoms with Gasteiger partial charge in [0.05, 0.1) is 13.2 Å². The summed E-state index contributed by atoms with van der Waals surface area (Å²) >= 11 is 0. The van der Waals surface area contributed by atoms with Crippen molar-refractivity contribution in [2.45, 2.75) is 33.7 Å². The molecule has 0 aliphatic rings. The molecule has 0 aromatic heterocycles. The largest absolute Gasteiger partial charge is 0.375 e. The Morgan fingerprint density at radius 3 is 2.33 bits per heavy atom. The second-order valence-electron chi connectivity index (χ2n) is 4.72. The van der Waals surface area contributed by atoms with Crippen molar-refractivity contribution in [3.05, 3.63) is 12.2 Å². The number of hydrogen-bond donors (Lipinski definition) is 2. The summed E-state index contributed by atoms with van der Waals surface area (Å²) in [5.41, 5.74) is 0.944. The van der Waals surface area contributed by atoms with Crippen LogP contribution in [0.15, 0.2) is 12.2 Å². The van der Waals surface area contributed by atoms with Crippen LogP contribution in [0.5, 0.6) is 0 Å². The van der Waals surface area contributed by atoms with Crippen LogP contribution < -0.4 is 10.6 Å². The van der Waals surface area contributed by atoms with Crippen molar-refractivity contribution in [1.82, 2.24) is 10.6 Å². The van der Waals surface area contributed by atoms with E-state index in [0.717, 1.165) is 5.57 Å². The monoisotopic (exact) mass is 256 g/mol. The van der Waals surface area contributed by atoms with Crippen LogP contribution in [0.25, 0.3) is 0 Å². The van der Waals surface area contributed by atoms with E-state index < -0.39 is 6.04 Å². The lowest BCUT2D eigenvalue weighted by atomic mass is 10.0. The third kappa shape index (κ3) is 7.84. The van der Waals surface area contributed by atoms with Crippen LogP contribution in [-0.2, 0) is 14.3 Å². The zero-order chi connectivity index (χ0) is 14.1. The molecule has 5 nitrogen and oxygen atoms in total. The molecule has 0 aliphatic heterocycles. The zero-order valence-corrected chi connectivity index (χ0v) is 11.7. The van der Waals surface area contributed by atoms with E-state index in [1.165, 1.54) is 6.92 Å². The van der Waals surface area contributed by atoms with Crippen molar-refractivity contribution in [2.24, 2.45) is 5.92 Å². The summed E-state index contributed by atoms with van der Waals surface area (Å²) in [6.45, 7) is 12.1. The Morgan fingerprint density at radius 2 is 1.89 bits per heavy atom. The number of ether oxygens (including phenoxy) is 1. The Hall–Kier alpha value is -1.36. The molecule has 0 aromatic rings. The van der Waals surface area contributed by atoms with Gasteiger partial charge in [-0.1, -0.05) is 26.0 Å². The Kier molecular flexibility index (Phi) is 8.03. The van der Waals surface area contributed by atoms with Gasteiger partial charge in [0.2, 0.25) is 11.8 Å². The molecule has 0 spiro atoms. The first-order valence-corrected chi connectivity index (χ1v) is 6.11. The quantitative estimate of drug-likeness (QED) is 0.500. The molecule has 2 N–H and O–H groups in total. The maximum Gasteiger partial charge on any atom is 0.242 e. The van der Waals surface area contributed by atoms with Gasteiger partial charge in [0.25, 0.3) is 0 Å². The predicted molar refractivity (Wildman–Crippen MR) is 71.1 cm³/mol. The molecule has 0 saturated carbocycles. The van der Waals surface area contributed by atoms with Crippen LogP contribution in [0.2, 0.25) is 0 Å². The topological polar surface area (TPSA) is 67.4 Å². The summed E-state index contributed by atoms with van der Waals surface area (Å²) < 4.78 is 5.27. The molecule has 0 saturated heterocycles. The van der Waals surface area contributed by atoms with E-state index >= 15 is 0 Å². The fourth-order valence-corrected chi connectivity index (χ4v) is 1.36. The van der Waals surface area contributed by atoms with E-state index in [1.54, 1.807) is 0 Å². The van der Waals surface area contributed by atoms with Gasteiger partial charge in [-0.2, -0.15) is 0 Å². The Bertz CT molecular complexity index is 301. The molecule has 0 heterocycles. The highest BCUT2D eigenvalue weighted by molar-refractivity contribution is 5.86. The maximum atomic E-state index is 11.8. The van der Waals surface area contributed by atoms with Crippen LogP contribution >= 0.6 is 0 Å². The predicted octanol–water partition coefficient (Wildman–Crippen LogP) is 0.856. The van der Waals surface area contributed by atoms with Crippen LogP contribution in [0.3, 0.4) is 0 Å². The molecule has 0 fully saturated rings. The second-order valence-corrected chi connectivity index (χ2v) is 4.72. The summed E-state index contributed by atoms with van der Waals surface area (Å²) in [5.74, 6) is -0.341. The van der Waals surface area contributed by atoms with Crippen LogP contribution in [0, 0.1) is 5.92 Å². The third-order valence-corrected chi connectivity index (χ3v) is 2.20. The molecule has 0 aromatic carbocycles. The van der Waals surface area contributed by atoms with E-state index in [2.05, 4.69) is 17.2 Å². The molecular weight excluding hydrogens is 232 g/mol. The Morgan fingerprint density at radius 1 is 1.28 bits per heavy atom. The molecule has 104 valence electrons. The van der Waals surface area contributed by atoms with Gasteiger partial charge in [-0.3, -0.25) is 9.59 Å². The lowest BCUT2D eigenvalue weighted by Crippen LogP contribution is -2.49. The smallest absolute Gasteiger partial charge is 0.242 e. The molecular formula is C13H24N2O3. The van der Waals surface area contributed by atoms with Crippen molar-refractivity contribution in [1.29, 1.82) is 0 Å². The van der Waals surface area contributed by atoms with Gasteiger partial charge in [0.15, 0.2) is 0 Å². The molecule has 5 heteroatoms. The number of rotatable bonds is 8. The van der Waals surface area contributed by atoms with E-state index in [1.807, 2.05) is 20.8 Å². The van der Waals surface area contributed by atoms with Crippen LogP contribution in [0.4, 0.5) is 0 Å². The molecule has 0 rings (SSSR count). The second kappa shape index (κ2) is 8.69. The number of amides is 2. The van der Waals surface area contributed by atoms with E-state index in [9.17, 15) is 9.59 Å². The highest BCUT2D eigenvalue weighted by atomic mass is 16.5. The minimum absolute atomic E-state index is 0.0465. The number of carbonyl (C=O) groups excluding carboxylic acids is 2. The van der Waals surface area contributed by atoms with Gasteiger partial charge in [0.1, 0.15) is 6.04 Å². The minimum Gasteiger partial charge on any atom is -0.375 e. The highest BCUT2D eigenvalue weighted by Crippen LogP contribution is 2.01. The SMILES string of the molecule is C=C(C)COCCNC(=O)C(NC(C)=O)C(C)C. The van der Waals surface area contributed by atoms with Crippen molar-refractivity contribution < 1.29 is 14.3 Å². The van der Waals surface area contributed by atoms with Crippen LogP contribution in [0.1, 0.15) is 27.7 Å². The van der Waals surface area contributed by atoms with Crippen molar-refractivity contribution >= 4 is 11.8 Å². The van der Waals surface area contributed by atoms with Gasteiger partial charge in [0, 0.05) is 13.5 Å². The average molecular weight is 256 g/mol. The first kappa shape index (κ1) is 16.6. The fraction of sp³-hybridized carbons (Fsp3) is 0.692. The molecule has 1 atom stereocenters. The van der Waals surface area contributed by atoms with Gasteiger partial charge in [-0.15, -0.1) is 0 Å². The molecule has 0 aliphatic carbocycles. The third-order valence-electron chi connectivity index (χ3n) is 2.20. The maximum absolute atomic E-state index is 11.8. The summed E-state index contributed by atoms with van der Waals surface area (Å²) in [4.78, 5) is 22.8. The molecule has 1 unspecified atom stereocenters. The summed E-state index contributed by atoms with van der Waals surface area (Å²) in [6.07, 6.45) is 0. The fourth-order valence-electron chi connectivity index (χ4n) is 1.36. The molecule has 0 bridgehead atoms. The summed E-state index contributed by atoms with van der Waals surface area (Å²) in [7, 11) is 0. The number of carbonyl (C=O) groups is 2. The normalized spacial score (nSPS) is 12.1. The van der Waals surface area contributed by atoms with Gasteiger partial charge in [-0.25, -0.2) is 0 Å². The Balaban J connectivity index is 3.96. The minimum atomic E-state index is -0.497. The highest BCUT2D eigenvalue weighted by Gasteiger charge is 2.22. The number of hydrogen-bond acceptors (Lipinski definition) is 3. The average Bonchev–Trinajstić information content (AvgIpc) is 2.24. The van der Waals surface area contributed by atoms with E-state index in [0.29, 0.717) is 19.8 Å².